The summed E-state index contributed by atoms with van der Waals surface area (Å²) in [5.41, 5.74) is 2.00. The maximum absolute atomic E-state index is 13.0. The fraction of sp³-hybridized carbons (Fsp3) is 0.158. The summed E-state index contributed by atoms with van der Waals surface area (Å²) < 4.78 is 31.5. The maximum Gasteiger partial charge on any atom is 0.350 e. The number of benzene rings is 2. The molecule has 0 bridgehead atoms. The molecule has 0 amide bonds. The van der Waals surface area contributed by atoms with E-state index in [0.717, 1.165) is 5.56 Å². The lowest BCUT2D eigenvalue weighted by Crippen LogP contribution is -2.09. The topological polar surface area (TPSA) is 39.2 Å². The molecule has 0 spiro atoms. The molecule has 2 aromatic carbocycles. The van der Waals surface area contributed by atoms with Gasteiger partial charge in [-0.15, -0.1) is 11.3 Å². The molecule has 0 radical (unpaired) electrons. The van der Waals surface area contributed by atoms with Gasteiger partial charge in [0.2, 0.25) is 0 Å². The Morgan fingerprint density at radius 1 is 1.04 bits per heavy atom. The van der Waals surface area contributed by atoms with E-state index < -0.39 is 12.1 Å². The first-order valence-electron chi connectivity index (χ1n) is 7.64. The van der Waals surface area contributed by atoms with Gasteiger partial charge in [0.15, 0.2) is 0 Å². The maximum atomic E-state index is 13.0. The van der Waals surface area contributed by atoms with Crippen molar-refractivity contribution >= 4 is 17.3 Å². The van der Waals surface area contributed by atoms with Crippen molar-refractivity contribution in [1.29, 1.82) is 0 Å². The largest absolute Gasteiger partial charge is 0.454 e. The van der Waals surface area contributed by atoms with Crippen molar-refractivity contribution in [3.05, 3.63) is 76.3 Å². The standard InChI is InChI=1S/C19H15F2NO2S/c1-11-17(25-18(22-11)14-5-9-16(21)10-6-14)19(23)24-12(2)13-3-7-15(20)8-4-13/h3-10,12H,1-2H3. The molecule has 0 aliphatic carbocycles. The molecule has 1 aromatic heterocycles. The quantitative estimate of drug-likeness (QED) is 0.592. The highest BCUT2D eigenvalue weighted by atomic mass is 32.1. The Hall–Kier alpha value is -2.60. The molecule has 6 heteroatoms. The summed E-state index contributed by atoms with van der Waals surface area (Å²) >= 11 is 1.20. The van der Waals surface area contributed by atoms with Crippen LogP contribution in [0.3, 0.4) is 0 Å². The highest BCUT2D eigenvalue weighted by molar-refractivity contribution is 7.17. The van der Waals surface area contributed by atoms with Gasteiger partial charge in [0.05, 0.1) is 5.69 Å². The van der Waals surface area contributed by atoms with E-state index in [1.165, 1.54) is 35.6 Å². The van der Waals surface area contributed by atoms with Crippen LogP contribution in [0.1, 0.15) is 34.0 Å². The summed E-state index contributed by atoms with van der Waals surface area (Å²) in [6.45, 7) is 3.45. The first-order valence-corrected chi connectivity index (χ1v) is 8.45. The van der Waals surface area contributed by atoms with Crippen LogP contribution < -0.4 is 0 Å². The van der Waals surface area contributed by atoms with Crippen LogP contribution in [0.2, 0.25) is 0 Å². The number of hydrogen-bond acceptors (Lipinski definition) is 4. The van der Waals surface area contributed by atoms with E-state index >= 15 is 0 Å². The molecule has 1 atom stereocenters. The van der Waals surface area contributed by atoms with E-state index in [0.29, 0.717) is 21.1 Å². The third-order valence-corrected chi connectivity index (χ3v) is 4.88. The summed E-state index contributed by atoms with van der Waals surface area (Å²) in [6, 6.07) is 11.7. The van der Waals surface area contributed by atoms with Crippen molar-refractivity contribution < 1.29 is 18.3 Å². The normalized spacial score (nSPS) is 12.0. The van der Waals surface area contributed by atoms with Gasteiger partial charge in [-0.3, -0.25) is 0 Å². The average Bonchev–Trinajstić information content (AvgIpc) is 2.98. The molecule has 0 saturated heterocycles. The Bertz CT molecular complexity index is 889. The van der Waals surface area contributed by atoms with E-state index in [4.69, 9.17) is 4.74 Å². The van der Waals surface area contributed by atoms with Crippen molar-refractivity contribution in [2.45, 2.75) is 20.0 Å². The molecule has 0 fully saturated rings. The number of thiazole rings is 1. The Labute approximate surface area is 147 Å². The predicted molar refractivity (Wildman–Crippen MR) is 92.5 cm³/mol. The fourth-order valence-electron chi connectivity index (χ4n) is 2.32. The van der Waals surface area contributed by atoms with Gasteiger partial charge in [-0.25, -0.2) is 18.6 Å². The van der Waals surface area contributed by atoms with Crippen molar-refractivity contribution in [3.63, 3.8) is 0 Å². The molecular weight excluding hydrogens is 344 g/mol. The van der Waals surface area contributed by atoms with Crippen molar-refractivity contribution in [2.75, 3.05) is 0 Å². The molecule has 0 N–H and O–H groups in total. The molecule has 25 heavy (non-hydrogen) atoms. The van der Waals surface area contributed by atoms with E-state index in [1.54, 1.807) is 38.1 Å². The van der Waals surface area contributed by atoms with Crippen LogP contribution >= 0.6 is 11.3 Å². The first-order chi connectivity index (χ1) is 11.9. The third-order valence-electron chi connectivity index (χ3n) is 3.70. The molecule has 3 rings (SSSR count). The Balaban J connectivity index is 1.78. The molecule has 1 unspecified atom stereocenters. The Morgan fingerprint density at radius 2 is 1.60 bits per heavy atom. The highest BCUT2D eigenvalue weighted by Crippen LogP contribution is 2.30. The molecule has 1 heterocycles. The zero-order chi connectivity index (χ0) is 18.0. The number of esters is 1. The number of aromatic nitrogens is 1. The lowest BCUT2D eigenvalue weighted by atomic mass is 10.1. The highest BCUT2D eigenvalue weighted by Gasteiger charge is 2.20. The van der Waals surface area contributed by atoms with Gasteiger partial charge in [0, 0.05) is 5.56 Å². The van der Waals surface area contributed by atoms with E-state index in [1.807, 2.05) is 0 Å². The van der Waals surface area contributed by atoms with E-state index in [-0.39, 0.29) is 11.6 Å². The zero-order valence-electron chi connectivity index (χ0n) is 13.6. The predicted octanol–water partition coefficient (Wildman–Crippen LogP) is 5.31. The monoisotopic (exact) mass is 359 g/mol. The van der Waals surface area contributed by atoms with E-state index in [2.05, 4.69) is 4.98 Å². The molecule has 3 aromatic rings. The number of carbonyl (C=O) groups is 1. The van der Waals surface area contributed by atoms with Crippen LogP contribution in [0.5, 0.6) is 0 Å². The summed E-state index contributed by atoms with van der Waals surface area (Å²) in [5, 5.41) is 0.624. The molecule has 0 aliphatic rings. The van der Waals surface area contributed by atoms with Gasteiger partial charge in [-0.2, -0.15) is 0 Å². The summed E-state index contributed by atoms with van der Waals surface area (Å²) in [6.07, 6.45) is -0.510. The van der Waals surface area contributed by atoms with Gasteiger partial charge in [-0.05, 0) is 55.8 Å². The molecule has 0 saturated carbocycles. The number of ether oxygens (including phenoxy) is 1. The molecule has 128 valence electrons. The third kappa shape index (κ3) is 3.91. The minimum atomic E-state index is -0.510. The van der Waals surface area contributed by atoms with E-state index in [9.17, 15) is 13.6 Å². The van der Waals surface area contributed by atoms with Crippen molar-refractivity contribution in [3.8, 4) is 10.6 Å². The number of carbonyl (C=O) groups excluding carboxylic acids is 1. The van der Waals surface area contributed by atoms with Crippen LogP contribution in [0.4, 0.5) is 8.78 Å². The summed E-state index contributed by atoms with van der Waals surface area (Å²) in [7, 11) is 0. The van der Waals surface area contributed by atoms with Gasteiger partial charge in [0.1, 0.15) is 27.6 Å². The van der Waals surface area contributed by atoms with Crippen LogP contribution in [0.25, 0.3) is 10.6 Å². The number of halogens is 2. The lowest BCUT2D eigenvalue weighted by Gasteiger charge is -2.13. The van der Waals surface area contributed by atoms with Crippen LogP contribution in [-0.4, -0.2) is 11.0 Å². The van der Waals surface area contributed by atoms with Gasteiger partial charge < -0.3 is 4.74 Å². The second-order valence-electron chi connectivity index (χ2n) is 5.54. The Kier molecular flexibility index (Phi) is 4.90. The van der Waals surface area contributed by atoms with Gasteiger partial charge in [-0.1, -0.05) is 12.1 Å². The Morgan fingerprint density at radius 3 is 2.20 bits per heavy atom. The number of aryl methyl sites for hydroxylation is 1. The van der Waals surface area contributed by atoms with Crippen molar-refractivity contribution in [1.82, 2.24) is 4.98 Å². The van der Waals surface area contributed by atoms with Crippen LogP contribution in [0.15, 0.2) is 48.5 Å². The fourth-order valence-corrected chi connectivity index (χ4v) is 3.27. The SMILES string of the molecule is Cc1nc(-c2ccc(F)cc2)sc1C(=O)OC(C)c1ccc(F)cc1. The number of nitrogens with zero attached hydrogens (tertiary/aromatic N) is 1. The van der Waals surface area contributed by atoms with Gasteiger partial charge in [0.25, 0.3) is 0 Å². The van der Waals surface area contributed by atoms with Gasteiger partial charge >= 0.3 is 5.97 Å². The summed E-state index contributed by atoms with van der Waals surface area (Å²) in [4.78, 5) is 17.2. The second-order valence-corrected chi connectivity index (χ2v) is 6.54. The minimum Gasteiger partial charge on any atom is -0.454 e. The van der Waals surface area contributed by atoms with Crippen molar-refractivity contribution in [2.24, 2.45) is 0 Å². The minimum absolute atomic E-state index is 0.329. The summed E-state index contributed by atoms with van der Waals surface area (Å²) in [5.74, 6) is -1.16. The average molecular weight is 359 g/mol. The molecular formula is C19H15F2NO2S. The number of hydrogen-bond donors (Lipinski definition) is 0. The lowest BCUT2D eigenvalue weighted by molar-refractivity contribution is 0.0342. The van der Waals surface area contributed by atoms with Crippen LogP contribution in [-0.2, 0) is 4.74 Å². The second kappa shape index (κ2) is 7.11. The first kappa shape index (κ1) is 17.2. The zero-order valence-corrected chi connectivity index (χ0v) is 14.4. The molecule has 0 aliphatic heterocycles. The molecule has 3 nitrogen and oxygen atoms in total. The number of rotatable bonds is 4. The smallest absolute Gasteiger partial charge is 0.350 e. The van der Waals surface area contributed by atoms with Crippen LogP contribution in [0, 0.1) is 18.6 Å².